The van der Waals surface area contributed by atoms with Gasteiger partial charge in [-0.05, 0) is 0 Å². The van der Waals surface area contributed by atoms with Crippen LogP contribution in [0.2, 0.25) is 0 Å². The Morgan fingerprint density at radius 2 is 2.67 bits per heavy atom. The van der Waals surface area contributed by atoms with Gasteiger partial charge in [-0.2, -0.15) is 5.10 Å². The van der Waals surface area contributed by atoms with Crippen molar-refractivity contribution in [1.82, 2.24) is 10.2 Å². The Morgan fingerprint density at radius 3 is 3.11 bits per heavy atom. The third kappa shape index (κ3) is 1.95. The molecule has 1 rings (SSSR count). The van der Waals surface area contributed by atoms with Crippen molar-refractivity contribution in [3.05, 3.63) is 18.0 Å². The molecule has 1 aromatic heterocycles. The standard InChI is InChI=1S/C4H6N2O2S/c7-9(8)3-4-1-5-6-2-4/h1-2H,3H2,(H,5,6)(H,7,8). The van der Waals surface area contributed by atoms with Crippen molar-refractivity contribution >= 4 is 11.1 Å². The maximum Gasteiger partial charge on any atom is 0.157 e. The van der Waals surface area contributed by atoms with Crippen LogP contribution in [0.3, 0.4) is 0 Å². The highest BCUT2D eigenvalue weighted by molar-refractivity contribution is 7.78. The van der Waals surface area contributed by atoms with Gasteiger partial charge in [0.25, 0.3) is 0 Å². The summed E-state index contributed by atoms with van der Waals surface area (Å²) in [7, 11) is 0. The Kier molecular flexibility index (Phi) is 1.96. The van der Waals surface area contributed by atoms with E-state index in [2.05, 4.69) is 10.2 Å². The van der Waals surface area contributed by atoms with Crippen LogP contribution in [0.15, 0.2) is 12.4 Å². The van der Waals surface area contributed by atoms with Crippen molar-refractivity contribution in [2.45, 2.75) is 5.75 Å². The van der Waals surface area contributed by atoms with Crippen molar-refractivity contribution < 1.29 is 8.76 Å². The van der Waals surface area contributed by atoms with Gasteiger partial charge in [0.05, 0.1) is 11.9 Å². The number of hydrogen-bond acceptors (Lipinski definition) is 2. The lowest BCUT2D eigenvalue weighted by atomic mass is 10.4. The molecule has 0 spiro atoms. The lowest BCUT2D eigenvalue weighted by molar-refractivity contribution is 0.563. The van der Waals surface area contributed by atoms with Crippen LogP contribution in [0, 0.1) is 0 Å². The van der Waals surface area contributed by atoms with Gasteiger partial charge in [0.1, 0.15) is 0 Å². The van der Waals surface area contributed by atoms with Crippen LogP contribution in [0.1, 0.15) is 5.56 Å². The molecule has 1 atom stereocenters. The summed E-state index contributed by atoms with van der Waals surface area (Å²) in [5.74, 6) is 0.149. The van der Waals surface area contributed by atoms with Crippen molar-refractivity contribution in [3.63, 3.8) is 0 Å². The third-order valence-electron chi connectivity index (χ3n) is 0.845. The number of H-pyrrole nitrogens is 1. The van der Waals surface area contributed by atoms with E-state index < -0.39 is 11.1 Å². The van der Waals surface area contributed by atoms with Crippen LogP contribution in [0.25, 0.3) is 0 Å². The van der Waals surface area contributed by atoms with Gasteiger partial charge in [-0.1, -0.05) is 0 Å². The number of aromatic nitrogens is 2. The summed E-state index contributed by atoms with van der Waals surface area (Å²) in [6.45, 7) is 0. The number of hydrogen-bond donors (Lipinski definition) is 2. The van der Waals surface area contributed by atoms with E-state index in [0.29, 0.717) is 0 Å². The summed E-state index contributed by atoms with van der Waals surface area (Å²) in [5.41, 5.74) is 0.746. The van der Waals surface area contributed by atoms with Crippen molar-refractivity contribution in [3.8, 4) is 0 Å². The summed E-state index contributed by atoms with van der Waals surface area (Å²) in [6, 6.07) is 0. The molecule has 0 aliphatic rings. The minimum atomic E-state index is -1.75. The fourth-order valence-corrected chi connectivity index (χ4v) is 0.942. The Bertz CT molecular complexity index is 196. The normalized spacial score (nSPS) is 13.4. The Morgan fingerprint density at radius 1 is 1.89 bits per heavy atom. The van der Waals surface area contributed by atoms with E-state index in [1.165, 1.54) is 6.20 Å². The second-order valence-corrected chi connectivity index (χ2v) is 2.50. The number of aromatic amines is 1. The Balaban J connectivity index is 2.58. The van der Waals surface area contributed by atoms with Gasteiger partial charge in [-0.25, -0.2) is 4.21 Å². The summed E-state index contributed by atoms with van der Waals surface area (Å²) < 4.78 is 18.5. The summed E-state index contributed by atoms with van der Waals surface area (Å²) in [4.78, 5) is 0. The summed E-state index contributed by atoms with van der Waals surface area (Å²) in [5, 5.41) is 6.14. The van der Waals surface area contributed by atoms with E-state index in [4.69, 9.17) is 4.55 Å². The van der Waals surface area contributed by atoms with Gasteiger partial charge in [0.15, 0.2) is 11.1 Å². The molecule has 1 heterocycles. The molecule has 0 bridgehead atoms. The van der Waals surface area contributed by atoms with Crippen LogP contribution in [-0.4, -0.2) is 19.0 Å². The molecule has 1 unspecified atom stereocenters. The number of rotatable bonds is 2. The molecule has 0 aromatic carbocycles. The van der Waals surface area contributed by atoms with Crippen LogP contribution in [0.5, 0.6) is 0 Å². The predicted molar refractivity (Wildman–Crippen MR) is 33.1 cm³/mol. The van der Waals surface area contributed by atoms with E-state index in [1.54, 1.807) is 6.20 Å². The van der Waals surface area contributed by atoms with Gasteiger partial charge >= 0.3 is 0 Å². The second kappa shape index (κ2) is 2.75. The van der Waals surface area contributed by atoms with Crippen LogP contribution >= 0.6 is 0 Å². The fourth-order valence-electron chi connectivity index (χ4n) is 0.499. The zero-order valence-corrected chi connectivity index (χ0v) is 5.39. The molecule has 4 nitrogen and oxygen atoms in total. The highest BCUT2D eigenvalue weighted by atomic mass is 32.2. The van der Waals surface area contributed by atoms with E-state index in [9.17, 15) is 4.21 Å². The first-order chi connectivity index (χ1) is 4.29. The summed E-state index contributed by atoms with van der Waals surface area (Å²) >= 11 is -1.75. The molecule has 50 valence electrons. The monoisotopic (exact) mass is 146 g/mol. The first kappa shape index (κ1) is 6.44. The SMILES string of the molecule is O=S(O)Cc1cn[nH]c1. The van der Waals surface area contributed by atoms with E-state index in [-0.39, 0.29) is 5.75 Å². The van der Waals surface area contributed by atoms with E-state index >= 15 is 0 Å². The van der Waals surface area contributed by atoms with E-state index in [1.807, 2.05) is 0 Å². The summed E-state index contributed by atoms with van der Waals surface area (Å²) in [6.07, 6.45) is 3.11. The largest absolute Gasteiger partial charge is 0.306 e. The maximum absolute atomic E-state index is 10.1. The van der Waals surface area contributed by atoms with Crippen LogP contribution in [-0.2, 0) is 16.8 Å². The lowest BCUT2D eigenvalue weighted by Crippen LogP contribution is -1.89. The van der Waals surface area contributed by atoms with Gasteiger partial charge in [0, 0.05) is 11.8 Å². The van der Waals surface area contributed by atoms with Gasteiger partial charge in [0.2, 0.25) is 0 Å². The fraction of sp³-hybridized carbons (Fsp3) is 0.250. The topological polar surface area (TPSA) is 66.0 Å². The van der Waals surface area contributed by atoms with E-state index in [0.717, 1.165) is 5.56 Å². The molecule has 0 radical (unpaired) electrons. The molecule has 0 aliphatic heterocycles. The molecule has 2 N–H and O–H groups in total. The number of nitrogens with zero attached hydrogens (tertiary/aromatic N) is 1. The van der Waals surface area contributed by atoms with Gasteiger partial charge < -0.3 is 4.55 Å². The molecule has 0 saturated heterocycles. The van der Waals surface area contributed by atoms with Crippen molar-refractivity contribution in [2.24, 2.45) is 0 Å². The highest BCUT2D eigenvalue weighted by Gasteiger charge is 1.96. The lowest BCUT2D eigenvalue weighted by Gasteiger charge is -1.85. The minimum Gasteiger partial charge on any atom is -0.306 e. The minimum absolute atomic E-state index is 0.149. The smallest absolute Gasteiger partial charge is 0.157 e. The predicted octanol–water partition coefficient (Wildman–Crippen LogP) is 0.131. The molecule has 0 fully saturated rings. The quantitative estimate of drug-likeness (QED) is 0.583. The molecule has 5 heteroatoms. The van der Waals surface area contributed by atoms with Crippen molar-refractivity contribution in [2.75, 3.05) is 0 Å². The maximum atomic E-state index is 10.1. The molecule has 0 saturated carbocycles. The van der Waals surface area contributed by atoms with Crippen LogP contribution in [0.4, 0.5) is 0 Å². The second-order valence-electron chi connectivity index (χ2n) is 1.57. The Labute approximate surface area is 54.6 Å². The van der Waals surface area contributed by atoms with Gasteiger partial charge in [-0.15, -0.1) is 0 Å². The highest BCUT2D eigenvalue weighted by Crippen LogP contribution is 1.95. The average Bonchev–Trinajstić information content (AvgIpc) is 2.15. The van der Waals surface area contributed by atoms with Gasteiger partial charge in [-0.3, -0.25) is 5.10 Å². The zero-order chi connectivity index (χ0) is 6.69. The molecule has 0 amide bonds. The Hall–Kier alpha value is -0.680. The van der Waals surface area contributed by atoms with Crippen LogP contribution < -0.4 is 0 Å². The molecular weight excluding hydrogens is 140 g/mol. The van der Waals surface area contributed by atoms with Crippen molar-refractivity contribution in [1.29, 1.82) is 0 Å². The first-order valence-corrected chi connectivity index (χ1v) is 3.62. The molecule has 0 aliphatic carbocycles. The molecule has 1 aromatic rings. The first-order valence-electron chi connectivity index (χ1n) is 2.34. The molecular formula is C4H6N2O2S. The number of nitrogens with one attached hydrogen (secondary N) is 1. The molecule has 9 heavy (non-hydrogen) atoms. The zero-order valence-electron chi connectivity index (χ0n) is 4.57. The average molecular weight is 146 g/mol. The third-order valence-corrected chi connectivity index (χ3v) is 1.43.